The van der Waals surface area contributed by atoms with Crippen molar-refractivity contribution in [3.8, 4) is 0 Å². The molecule has 1 aromatic heterocycles. The molecular formula is C11H18F2N4O2S. The zero-order valence-corrected chi connectivity index (χ0v) is 12.1. The van der Waals surface area contributed by atoms with Crippen LogP contribution in [0.2, 0.25) is 0 Å². The zero-order valence-electron chi connectivity index (χ0n) is 11.3. The van der Waals surface area contributed by atoms with Crippen molar-refractivity contribution >= 4 is 22.5 Å². The fraction of sp³-hybridized carbons (Fsp3) is 0.727. The maximum atomic E-state index is 12.3. The molecule has 9 heteroatoms. The minimum Gasteiger partial charge on any atom is -0.396 e. The second-order valence-corrected chi connectivity index (χ2v) is 6.06. The summed E-state index contributed by atoms with van der Waals surface area (Å²) >= 11 is 0.639. The molecule has 1 rings (SSSR count). The first-order valence-electron chi connectivity index (χ1n) is 6.11. The lowest BCUT2D eigenvalue weighted by Crippen LogP contribution is -2.30. The highest BCUT2D eigenvalue weighted by atomic mass is 32.1. The van der Waals surface area contributed by atoms with Crippen LogP contribution in [-0.2, 0) is 0 Å². The molecule has 114 valence electrons. The molecule has 1 heterocycles. The first-order chi connectivity index (χ1) is 9.34. The molecule has 0 saturated carbocycles. The number of halogens is 2. The van der Waals surface area contributed by atoms with Crippen LogP contribution >= 0.6 is 11.3 Å². The van der Waals surface area contributed by atoms with Crippen molar-refractivity contribution < 1.29 is 18.7 Å². The molecule has 1 aromatic rings. The third kappa shape index (κ3) is 5.74. The highest BCUT2D eigenvalue weighted by Gasteiger charge is 2.17. The van der Waals surface area contributed by atoms with Gasteiger partial charge in [-0.3, -0.25) is 5.32 Å². The summed E-state index contributed by atoms with van der Waals surface area (Å²) in [6.45, 7) is 4.37. The Balaban J connectivity index is 2.26. The molecule has 20 heavy (non-hydrogen) atoms. The van der Waals surface area contributed by atoms with E-state index in [4.69, 9.17) is 5.11 Å². The lowest BCUT2D eigenvalue weighted by atomic mass is 9.89. The summed E-state index contributed by atoms with van der Waals surface area (Å²) in [6, 6.07) is -0.510. The molecule has 0 aliphatic carbocycles. The third-order valence-electron chi connectivity index (χ3n) is 2.59. The number of rotatable bonds is 7. The summed E-state index contributed by atoms with van der Waals surface area (Å²) in [7, 11) is 0. The van der Waals surface area contributed by atoms with Gasteiger partial charge in [0.05, 0.1) is 0 Å². The summed E-state index contributed by atoms with van der Waals surface area (Å²) in [5.74, 6) is 0. The van der Waals surface area contributed by atoms with Crippen LogP contribution in [0, 0.1) is 5.41 Å². The average molecular weight is 308 g/mol. The highest BCUT2D eigenvalue weighted by molar-refractivity contribution is 7.15. The van der Waals surface area contributed by atoms with Crippen molar-refractivity contribution in [2.45, 2.75) is 33.1 Å². The first-order valence-corrected chi connectivity index (χ1v) is 6.93. The number of amides is 2. The van der Waals surface area contributed by atoms with Gasteiger partial charge in [-0.2, -0.15) is 0 Å². The van der Waals surface area contributed by atoms with Crippen LogP contribution in [0.15, 0.2) is 0 Å². The summed E-state index contributed by atoms with van der Waals surface area (Å²) in [6.07, 6.45) is -1.22. The van der Waals surface area contributed by atoms with Crippen LogP contribution in [0.5, 0.6) is 0 Å². The Morgan fingerprint density at radius 3 is 2.70 bits per heavy atom. The lowest BCUT2D eigenvalue weighted by molar-refractivity contribution is 0.148. The van der Waals surface area contributed by atoms with Gasteiger partial charge in [0, 0.05) is 13.2 Å². The van der Waals surface area contributed by atoms with Crippen LogP contribution in [0.25, 0.3) is 0 Å². The van der Waals surface area contributed by atoms with E-state index in [0.717, 1.165) is 6.42 Å². The molecule has 3 N–H and O–H groups in total. The lowest BCUT2D eigenvalue weighted by Gasteiger charge is -2.21. The molecular weight excluding hydrogens is 290 g/mol. The maximum absolute atomic E-state index is 12.3. The fourth-order valence-corrected chi connectivity index (χ4v) is 1.96. The molecule has 0 spiro atoms. The van der Waals surface area contributed by atoms with Crippen LogP contribution in [0.3, 0.4) is 0 Å². The van der Waals surface area contributed by atoms with Crippen molar-refractivity contribution in [2.75, 3.05) is 18.5 Å². The number of urea groups is 1. The quantitative estimate of drug-likeness (QED) is 0.675. The number of nitrogens with one attached hydrogen (secondary N) is 2. The van der Waals surface area contributed by atoms with E-state index >= 15 is 0 Å². The number of nitrogens with zero attached hydrogens (tertiary/aromatic N) is 2. The Morgan fingerprint density at radius 2 is 2.15 bits per heavy atom. The van der Waals surface area contributed by atoms with Crippen molar-refractivity contribution in [1.82, 2.24) is 15.5 Å². The maximum Gasteiger partial charge on any atom is 0.321 e. The summed E-state index contributed by atoms with van der Waals surface area (Å²) < 4.78 is 24.5. The monoisotopic (exact) mass is 308 g/mol. The van der Waals surface area contributed by atoms with E-state index in [9.17, 15) is 13.6 Å². The topological polar surface area (TPSA) is 87.1 Å². The third-order valence-corrected chi connectivity index (χ3v) is 3.44. The van der Waals surface area contributed by atoms with E-state index in [1.807, 2.05) is 13.8 Å². The van der Waals surface area contributed by atoms with Gasteiger partial charge in [0.2, 0.25) is 5.13 Å². The van der Waals surface area contributed by atoms with Gasteiger partial charge in [-0.25, -0.2) is 13.6 Å². The normalized spacial score (nSPS) is 11.7. The molecule has 0 bridgehead atoms. The molecule has 0 unspecified atom stereocenters. The van der Waals surface area contributed by atoms with Crippen LogP contribution in [0.4, 0.5) is 18.7 Å². The fourth-order valence-electron chi connectivity index (χ4n) is 1.36. The van der Waals surface area contributed by atoms with E-state index < -0.39 is 17.5 Å². The van der Waals surface area contributed by atoms with Crippen molar-refractivity contribution in [2.24, 2.45) is 5.41 Å². The smallest absolute Gasteiger partial charge is 0.321 e. The van der Waals surface area contributed by atoms with E-state index in [1.54, 1.807) is 0 Å². The Bertz CT molecular complexity index is 440. The van der Waals surface area contributed by atoms with Gasteiger partial charge in [0.1, 0.15) is 0 Å². The Hall–Kier alpha value is -1.35. The minimum atomic E-state index is -2.69. The molecule has 0 radical (unpaired) electrons. The van der Waals surface area contributed by atoms with Gasteiger partial charge in [-0.15, -0.1) is 10.2 Å². The van der Waals surface area contributed by atoms with Gasteiger partial charge >= 0.3 is 6.03 Å². The Labute approximate surface area is 119 Å². The van der Waals surface area contributed by atoms with Gasteiger partial charge in [-0.1, -0.05) is 25.2 Å². The highest BCUT2D eigenvalue weighted by Crippen LogP contribution is 2.25. The minimum absolute atomic E-state index is 0.0356. The van der Waals surface area contributed by atoms with Crippen molar-refractivity contribution in [3.63, 3.8) is 0 Å². The second-order valence-electron chi connectivity index (χ2n) is 5.05. The van der Waals surface area contributed by atoms with E-state index in [-0.39, 0.29) is 17.2 Å². The van der Waals surface area contributed by atoms with Crippen LogP contribution in [-0.4, -0.2) is 34.5 Å². The van der Waals surface area contributed by atoms with Gasteiger partial charge in [0.15, 0.2) is 5.01 Å². The number of aliphatic hydroxyl groups is 1. The summed E-state index contributed by atoms with van der Waals surface area (Å²) in [5, 5.41) is 20.3. The number of anilines is 1. The molecule has 6 nitrogen and oxygen atoms in total. The van der Waals surface area contributed by atoms with E-state index in [1.165, 1.54) is 0 Å². The number of aliphatic hydroxyl groups excluding tert-OH is 1. The van der Waals surface area contributed by atoms with Crippen molar-refractivity contribution in [3.05, 3.63) is 5.01 Å². The predicted molar refractivity (Wildman–Crippen MR) is 72.0 cm³/mol. The number of hydrogen-bond acceptors (Lipinski definition) is 5. The van der Waals surface area contributed by atoms with Crippen molar-refractivity contribution in [1.29, 1.82) is 0 Å². The molecule has 0 saturated heterocycles. The predicted octanol–water partition coefficient (Wildman–Crippen LogP) is 2.40. The summed E-state index contributed by atoms with van der Waals surface area (Å²) in [4.78, 5) is 11.5. The standard InChI is InChI=1S/C11H18F2N4O2S/c1-11(2,6-18)4-3-5-14-9(19)15-10-17-16-8(20-10)7(12)13/h7,18H,3-6H2,1-2H3,(H2,14,15,17,19). The second kappa shape index (κ2) is 7.44. The molecule has 0 atom stereocenters. The van der Waals surface area contributed by atoms with Gasteiger partial charge in [-0.05, 0) is 18.3 Å². The van der Waals surface area contributed by atoms with Gasteiger partial charge < -0.3 is 10.4 Å². The number of carbonyl (C=O) groups is 1. The molecule has 0 aromatic carbocycles. The molecule has 0 fully saturated rings. The van der Waals surface area contributed by atoms with Crippen LogP contribution < -0.4 is 10.6 Å². The summed E-state index contributed by atoms with van der Waals surface area (Å²) in [5.41, 5.74) is -0.177. The van der Waals surface area contributed by atoms with E-state index in [2.05, 4.69) is 20.8 Å². The van der Waals surface area contributed by atoms with Gasteiger partial charge in [0.25, 0.3) is 6.43 Å². The molecule has 2 amide bonds. The Kier molecular flexibility index (Phi) is 6.21. The zero-order chi connectivity index (χ0) is 15.2. The molecule has 0 aliphatic heterocycles. The van der Waals surface area contributed by atoms with E-state index in [0.29, 0.717) is 24.3 Å². The largest absolute Gasteiger partial charge is 0.396 e. The number of alkyl halides is 2. The molecule has 0 aliphatic rings. The number of aromatic nitrogens is 2. The number of hydrogen-bond donors (Lipinski definition) is 3. The SMILES string of the molecule is CC(C)(CO)CCCNC(=O)Nc1nnc(C(F)F)s1. The average Bonchev–Trinajstić information content (AvgIpc) is 2.83. The van der Waals surface area contributed by atoms with Crippen LogP contribution in [0.1, 0.15) is 38.1 Å². The number of carbonyl (C=O) groups excluding carboxylic acids is 1. The first kappa shape index (κ1) is 16.7. The Morgan fingerprint density at radius 1 is 1.45 bits per heavy atom.